The molecule has 1 fully saturated rings. The SMILES string of the molecule is OC(CNC(c1ccccc1)C1CCCC1)Cn1cccn1. The number of hydrogen-bond acceptors (Lipinski definition) is 3. The molecular formula is C18H25N3O. The second-order valence-corrected chi connectivity index (χ2v) is 6.22. The summed E-state index contributed by atoms with van der Waals surface area (Å²) in [6.45, 7) is 1.13. The summed E-state index contributed by atoms with van der Waals surface area (Å²) < 4.78 is 1.78. The van der Waals surface area contributed by atoms with Crippen molar-refractivity contribution in [1.82, 2.24) is 15.1 Å². The molecule has 1 aromatic heterocycles. The van der Waals surface area contributed by atoms with Crippen molar-refractivity contribution in [2.45, 2.75) is 44.4 Å². The van der Waals surface area contributed by atoms with Gasteiger partial charge in [-0.3, -0.25) is 4.68 Å². The first-order valence-electron chi connectivity index (χ1n) is 8.27. The summed E-state index contributed by atoms with van der Waals surface area (Å²) in [5.41, 5.74) is 1.33. The Morgan fingerprint density at radius 2 is 1.95 bits per heavy atom. The van der Waals surface area contributed by atoms with Gasteiger partial charge in [0.2, 0.25) is 0 Å². The van der Waals surface area contributed by atoms with Crippen molar-refractivity contribution in [2.75, 3.05) is 6.54 Å². The molecule has 1 aromatic carbocycles. The molecule has 2 atom stereocenters. The quantitative estimate of drug-likeness (QED) is 0.826. The highest BCUT2D eigenvalue weighted by atomic mass is 16.3. The van der Waals surface area contributed by atoms with Crippen molar-refractivity contribution in [3.05, 3.63) is 54.4 Å². The summed E-state index contributed by atoms with van der Waals surface area (Å²) >= 11 is 0. The van der Waals surface area contributed by atoms with Gasteiger partial charge in [0, 0.05) is 25.0 Å². The van der Waals surface area contributed by atoms with Crippen LogP contribution >= 0.6 is 0 Å². The zero-order valence-electron chi connectivity index (χ0n) is 12.9. The van der Waals surface area contributed by atoms with Crippen LogP contribution in [0.25, 0.3) is 0 Å². The van der Waals surface area contributed by atoms with Gasteiger partial charge in [-0.05, 0) is 30.4 Å². The molecule has 2 unspecified atom stereocenters. The van der Waals surface area contributed by atoms with Crippen LogP contribution in [0.5, 0.6) is 0 Å². The zero-order valence-corrected chi connectivity index (χ0v) is 12.9. The van der Waals surface area contributed by atoms with E-state index in [9.17, 15) is 5.11 Å². The largest absolute Gasteiger partial charge is 0.390 e. The van der Waals surface area contributed by atoms with Gasteiger partial charge < -0.3 is 10.4 Å². The maximum absolute atomic E-state index is 10.2. The maximum atomic E-state index is 10.2. The van der Waals surface area contributed by atoms with Crippen LogP contribution in [0, 0.1) is 5.92 Å². The molecule has 4 heteroatoms. The average Bonchev–Trinajstić information content (AvgIpc) is 3.22. The number of hydrogen-bond donors (Lipinski definition) is 2. The van der Waals surface area contributed by atoms with Crippen molar-refractivity contribution in [3.63, 3.8) is 0 Å². The molecule has 2 N–H and O–H groups in total. The summed E-state index contributed by atoms with van der Waals surface area (Å²) in [4.78, 5) is 0. The molecule has 3 rings (SSSR count). The van der Waals surface area contributed by atoms with E-state index < -0.39 is 6.10 Å². The minimum absolute atomic E-state index is 0.343. The Morgan fingerprint density at radius 3 is 2.64 bits per heavy atom. The van der Waals surface area contributed by atoms with Gasteiger partial charge in [0.05, 0.1) is 12.6 Å². The third kappa shape index (κ3) is 3.96. The number of benzene rings is 1. The Labute approximate surface area is 132 Å². The highest BCUT2D eigenvalue weighted by Gasteiger charge is 2.26. The van der Waals surface area contributed by atoms with Gasteiger partial charge in [0.15, 0.2) is 0 Å². The number of aromatic nitrogens is 2. The third-order valence-electron chi connectivity index (χ3n) is 4.56. The summed E-state index contributed by atoms with van der Waals surface area (Å²) in [5.74, 6) is 0.680. The van der Waals surface area contributed by atoms with Crippen molar-refractivity contribution in [2.24, 2.45) is 5.92 Å². The van der Waals surface area contributed by atoms with E-state index in [0.717, 1.165) is 0 Å². The van der Waals surface area contributed by atoms with Crippen LogP contribution in [-0.4, -0.2) is 27.5 Å². The predicted molar refractivity (Wildman–Crippen MR) is 87.4 cm³/mol. The van der Waals surface area contributed by atoms with Gasteiger partial charge in [-0.1, -0.05) is 43.2 Å². The van der Waals surface area contributed by atoms with Gasteiger partial charge in [-0.15, -0.1) is 0 Å². The highest BCUT2D eigenvalue weighted by molar-refractivity contribution is 5.20. The number of aliphatic hydroxyl groups excluding tert-OH is 1. The summed E-state index contributed by atoms with van der Waals surface area (Å²) in [5, 5.41) is 18.0. The van der Waals surface area contributed by atoms with Gasteiger partial charge in [-0.2, -0.15) is 5.10 Å². The number of nitrogens with one attached hydrogen (secondary N) is 1. The first kappa shape index (κ1) is 15.3. The first-order chi connectivity index (χ1) is 10.8. The second kappa shape index (κ2) is 7.56. The van der Waals surface area contributed by atoms with Crippen LogP contribution in [0.15, 0.2) is 48.8 Å². The molecule has 1 heterocycles. The van der Waals surface area contributed by atoms with Crippen LogP contribution in [0.2, 0.25) is 0 Å². The number of aliphatic hydroxyl groups is 1. The van der Waals surface area contributed by atoms with Crippen LogP contribution < -0.4 is 5.32 Å². The fourth-order valence-corrected chi connectivity index (χ4v) is 3.46. The Kier molecular flexibility index (Phi) is 5.24. The molecule has 0 bridgehead atoms. The molecule has 0 amide bonds. The van der Waals surface area contributed by atoms with Gasteiger partial charge in [0.25, 0.3) is 0 Å². The molecule has 4 nitrogen and oxygen atoms in total. The van der Waals surface area contributed by atoms with E-state index in [4.69, 9.17) is 0 Å². The zero-order chi connectivity index (χ0) is 15.2. The van der Waals surface area contributed by atoms with Crippen molar-refractivity contribution >= 4 is 0 Å². The Balaban J connectivity index is 1.60. The lowest BCUT2D eigenvalue weighted by atomic mass is 9.91. The molecule has 1 saturated carbocycles. The minimum Gasteiger partial charge on any atom is -0.390 e. The average molecular weight is 299 g/mol. The Morgan fingerprint density at radius 1 is 1.18 bits per heavy atom. The monoisotopic (exact) mass is 299 g/mol. The molecule has 22 heavy (non-hydrogen) atoms. The van der Waals surface area contributed by atoms with E-state index in [1.165, 1.54) is 31.2 Å². The smallest absolute Gasteiger partial charge is 0.0860 e. The fraction of sp³-hybridized carbons (Fsp3) is 0.500. The molecule has 0 spiro atoms. The van der Waals surface area contributed by atoms with Crippen LogP contribution in [0.1, 0.15) is 37.3 Å². The number of nitrogens with zero attached hydrogens (tertiary/aromatic N) is 2. The molecule has 1 aliphatic carbocycles. The van der Waals surface area contributed by atoms with Gasteiger partial charge in [0.1, 0.15) is 0 Å². The lowest BCUT2D eigenvalue weighted by Gasteiger charge is -2.26. The van der Waals surface area contributed by atoms with E-state index in [1.807, 2.05) is 12.3 Å². The fourth-order valence-electron chi connectivity index (χ4n) is 3.46. The predicted octanol–water partition coefficient (Wildman–Crippen LogP) is 2.77. The summed E-state index contributed by atoms with van der Waals surface area (Å²) in [6.07, 6.45) is 8.41. The van der Waals surface area contributed by atoms with Crippen LogP contribution in [0.3, 0.4) is 0 Å². The first-order valence-corrected chi connectivity index (χ1v) is 8.27. The van der Waals surface area contributed by atoms with E-state index >= 15 is 0 Å². The lowest BCUT2D eigenvalue weighted by molar-refractivity contribution is 0.138. The summed E-state index contributed by atoms with van der Waals surface area (Å²) in [7, 11) is 0. The third-order valence-corrected chi connectivity index (χ3v) is 4.56. The van der Waals surface area contributed by atoms with Crippen LogP contribution in [0.4, 0.5) is 0 Å². The molecule has 0 saturated heterocycles. The molecule has 2 aromatic rings. The maximum Gasteiger partial charge on any atom is 0.0860 e. The van der Waals surface area contributed by atoms with Crippen LogP contribution in [-0.2, 0) is 6.54 Å². The summed E-state index contributed by atoms with van der Waals surface area (Å²) in [6, 6.07) is 12.9. The Bertz CT molecular complexity index is 535. The second-order valence-electron chi connectivity index (χ2n) is 6.22. The topological polar surface area (TPSA) is 50.1 Å². The van der Waals surface area contributed by atoms with Crippen molar-refractivity contribution < 1.29 is 5.11 Å². The minimum atomic E-state index is -0.424. The van der Waals surface area contributed by atoms with E-state index in [1.54, 1.807) is 10.9 Å². The van der Waals surface area contributed by atoms with Crippen molar-refractivity contribution in [3.8, 4) is 0 Å². The number of rotatable bonds is 7. The van der Waals surface area contributed by atoms with Gasteiger partial charge >= 0.3 is 0 Å². The van der Waals surface area contributed by atoms with E-state index in [-0.39, 0.29) is 0 Å². The molecule has 0 radical (unpaired) electrons. The molecule has 1 aliphatic rings. The molecular weight excluding hydrogens is 274 g/mol. The standard InChI is InChI=1S/C18H25N3O/c22-17(14-21-12-6-11-20-21)13-19-18(16-9-4-5-10-16)15-7-2-1-3-8-15/h1-3,6-8,11-12,16-19,22H,4-5,9-10,13-14H2. The van der Waals surface area contributed by atoms with Crippen molar-refractivity contribution in [1.29, 1.82) is 0 Å². The van der Waals surface area contributed by atoms with E-state index in [2.05, 4.69) is 40.7 Å². The molecule has 118 valence electrons. The normalized spacial score (nSPS) is 18.4. The molecule has 0 aliphatic heterocycles. The van der Waals surface area contributed by atoms with Gasteiger partial charge in [-0.25, -0.2) is 0 Å². The lowest BCUT2D eigenvalue weighted by Crippen LogP contribution is -2.35. The highest BCUT2D eigenvalue weighted by Crippen LogP contribution is 2.35. The Hall–Kier alpha value is -1.65. The van der Waals surface area contributed by atoms with E-state index in [0.29, 0.717) is 25.0 Å².